The molecule has 3 N–H and O–H groups in total. The molecule has 1 aromatic carbocycles. The zero-order valence-electron chi connectivity index (χ0n) is 15.3. The molecule has 0 atom stereocenters. The van der Waals surface area contributed by atoms with Crippen molar-refractivity contribution in [3.8, 4) is 0 Å². The fourth-order valence-electron chi connectivity index (χ4n) is 3.42. The highest BCUT2D eigenvalue weighted by Crippen LogP contribution is 2.24. The molecular weight excluding hydrogens is 344 g/mol. The molecule has 7 nitrogen and oxygen atoms in total. The Labute approximate surface area is 158 Å². The quantitative estimate of drug-likeness (QED) is 0.737. The molecule has 0 aliphatic carbocycles. The van der Waals surface area contributed by atoms with Crippen LogP contribution in [0.4, 0.5) is 0 Å². The Bertz CT molecular complexity index is 794. The van der Waals surface area contributed by atoms with Crippen LogP contribution in [0.2, 0.25) is 0 Å². The van der Waals surface area contributed by atoms with E-state index in [0.717, 1.165) is 5.56 Å². The van der Waals surface area contributed by atoms with Gasteiger partial charge >= 0.3 is 0 Å². The molecule has 1 aliphatic rings. The third-order valence-electron chi connectivity index (χ3n) is 5.02. The monoisotopic (exact) mass is 368 g/mol. The van der Waals surface area contributed by atoms with Crippen LogP contribution >= 0.6 is 0 Å². The van der Waals surface area contributed by atoms with Crippen molar-refractivity contribution in [2.45, 2.75) is 24.8 Å². The van der Waals surface area contributed by atoms with Gasteiger partial charge in [-0.2, -0.15) is 0 Å². The number of benzene rings is 1. The molecule has 27 heavy (non-hydrogen) atoms. The predicted octanol–water partition coefficient (Wildman–Crippen LogP) is 1.09. The molecule has 1 aliphatic heterocycles. The summed E-state index contributed by atoms with van der Waals surface area (Å²) >= 11 is 0. The summed E-state index contributed by atoms with van der Waals surface area (Å²) in [7, 11) is 1.55. The van der Waals surface area contributed by atoms with Gasteiger partial charge in [0.25, 0.3) is 5.91 Å². The van der Waals surface area contributed by atoms with E-state index in [1.54, 1.807) is 30.3 Å². The standard InChI is InChI=1S/C20H24N4O3/c1-21-19(27)20(23-18(26)16-8-5-11-22-16)9-12-24(13-10-20)17(25)14-15-6-3-2-4-7-15/h2-8,11,22H,9-10,12-14H2,1H3,(H,21,27)(H,23,26). The molecule has 2 heterocycles. The van der Waals surface area contributed by atoms with Crippen LogP contribution in [0.15, 0.2) is 48.7 Å². The van der Waals surface area contributed by atoms with Crippen molar-refractivity contribution >= 4 is 17.7 Å². The normalized spacial score (nSPS) is 15.8. The fraction of sp³-hybridized carbons (Fsp3) is 0.350. The Kier molecular flexibility index (Phi) is 5.59. The first-order chi connectivity index (χ1) is 13.0. The van der Waals surface area contributed by atoms with Gasteiger partial charge in [0, 0.05) is 26.3 Å². The van der Waals surface area contributed by atoms with Crippen molar-refractivity contribution in [3.63, 3.8) is 0 Å². The molecule has 1 saturated heterocycles. The molecule has 142 valence electrons. The Balaban J connectivity index is 1.66. The molecule has 2 aromatic rings. The van der Waals surface area contributed by atoms with E-state index < -0.39 is 5.54 Å². The van der Waals surface area contributed by atoms with Gasteiger partial charge in [-0.05, 0) is 30.5 Å². The van der Waals surface area contributed by atoms with E-state index in [4.69, 9.17) is 0 Å². The smallest absolute Gasteiger partial charge is 0.268 e. The minimum atomic E-state index is -1.01. The van der Waals surface area contributed by atoms with Crippen molar-refractivity contribution in [1.82, 2.24) is 20.5 Å². The molecule has 3 amide bonds. The lowest BCUT2D eigenvalue weighted by Gasteiger charge is -2.40. The van der Waals surface area contributed by atoms with Crippen LogP contribution in [0, 0.1) is 0 Å². The molecule has 0 saturated carbocycles. The van der Waals surface area contributed by atoms with E-state index in [-0.39, 0.29) is 17.7 Å². The third-order valence-corrected chi connectivity index (χ3v) is 5.02. The summed E-state index contributed by atoms with van der Waals surface area (Å²) in [6, 6.07) is 13.0. The van der Waals surface area contributed by atoms with Crippen molar-refractivity contribution in [2.24, 2.45) is 0 Å². The first-order valence-corrected chi connectivity index (χ1v) is 9.04. The minimum Gasteiger partial charge on any atom is -0.357 e. The van der Waals surface area contributed by atoms with Crippen LogP contribution < -0.4 is 10.6 Å². The lowest BCUT2D eigenvalue weighted by molar-refractivity contribution is -0.136. The van der Waals surface area contributed by atoms with Gasteiger partial charge in [0.1, 0.15) is 11.2 Å². The van der Waals surface area contributed by atoms with E-state index in [1.165, 1.54) is 0 Å². The summed E-state index contributed by atoms with van der Waals surface area (Å²) < 4.78 is 0. The number of hydrogen-bond donors (Lipinski definition) is 3. The van der Waals surface area contributed by atoms with Crippen molar-refractivity contribution in [2.75, 3.05) is 20.1 Å². The predicted molar refractivity (Wildman–Crippen MR) is 101 cm³/mol. The van der Waals surface area contributed by atoms with E-state index in [2.05, 4.69) is 15.6 Å². The van der Waals surface area contributed by atoms with Gasteiger partial charge in [-0.25, -0.2) is 0 Å². The van der Waals surface area contributed by atoms with Gasteiger partial charge in [-0.1, -0.05) is 30.3 Å². The van der Waals surface area contributed by atoms with E-state index in [9.17, 15) is 14.4 Å². The van der Waals surface area contributed by atoms with Gasteiger partial charge in [0.15, 0.2) is 0 Å². The lowest BCUT2D eigenvalue weighted by atomic mass is 9.86. The second kappa shape index (κ2) is 8.07. The van der Waals surface area contributed by atoms with Crippen LogP contribution in [-0.4, -0.2) is 53.3 Å². The highest BCUT2D eigenvalue weighted by atomic mass is 16.2. The highest BCUT2D eigenvalue weighted by molar-refractivity contribution is 5.98. The molecule has 3 rings (SSSR count). The average Bonchev–Trinajstić information content (AvgIpc) is 3.23. The number of H-pyrrole nitrogens is 1. The first kappa shape index (κ1) is 18.7. The summed E-state index contributed by atoms with van der Waals surface area (Å²) in [6.07, 6.45) is 2.74. The third kappa shape index (κ3) is 4.19. The number of likely N-dealkylation sites (tertiary alicyclic amines) is 1. The molecular formula is C20H24N4O3. The van der Waals surface area contributed by atoms with Gasteiger partial charge in [0.05, 0.1) is 6.42 Å². The van der Waals surface area contributed by atoms with Crippen molar-refractivity contribution < 1.29 is 14.4 Å². The summed E-state index contributed by atoms with van der Waals surface area (Å²) in [4.78, 5) is 42.1. The number of amides is 3. The Morgan fingerprint density at radius 2 is 1.78 bits per heavy atom. The second-order valence-electron chi connectivity index (χ2n) is 6.74. The fourth-order valence-corrected chi connectivity index (χ4v) is 3.42. The van der Waals surface area contributed by atoms with Gasteiger partial charge in [-0.3, -0.25) is 14.4 Å². The number of likely N-dealkylation sites (N-methyl/N-ethyl adjacent to an activating group) is 1. The molecule has 0 bridgehead atoms. The number of aromatic amines is 1. The van der Waals surface area contributed by atoms with Crippen LogP contribution in [0.25, 0.3) is 0 Å². The van der Waals surface area contributed by atoms with Gasteiger partial charge in [-0.15, -0.1) is 0 Å². The number of hydrogen-bond acceptors (Lipinski definition) is 3. The van der Waals surface area contributed by atoms with Crippen molar-refractivity contribution in [1.29, 1.82) is 0 Å². The van der Waals surface area contributed by atoms with Crippen molar-refractivity contribution in [3.05, 3.63) is 59.9 Å². The molecule has 0 radical (unpaired) electrons. The maximum atomic E-state index is 12.6. The molecule has 7 heteroatoms. The van der Waals surface area contributed by atoms with Crippen LogP contribution in [0.3, 0.4) is 0 Å². The zero-order valence-corrected chi connectivity index (χ0v) is 15.3. The van der Waals surface area contributed by atoms with E-state index in [0.29, 0.717) is 38.0 Å². The highest BCUT2D eigenvalue weighted by Gasteiger charge is 2.43. The number of carbonyl (C=O) groups excluding carboxylic acids is 3. The molecule has 0 unspecified atom stereocenters. The largest absolute Gasteiger partial charge is 0.357 e. The summed E-state index contributed by atoms with van der Waals surface area (Å²) in [5.74, 6) is -0.535. The zero-order chi connectivity index (χ0) is 19.3. The maximum Gasteiger partial charge on any atom is 0.268 e. The molecule has 0 spiro atoms. The average molecular weight is 368 g/mol. The first-order valence-electron chi connectivity index (χ1n) is 9.04. The van der Waals surface area contributed by atoms with Crippen LogP contribution in [-0.2, 0) is 16.0 Å². The van der Waals surface area contributed by atoms with E-state index >= 15 is 0 Å². The summed E-state index contributed by atoms with van der Waals surface area (Å²) in [5.41, 5.74) is 0.354. The molecule has 1 fully saturated rings. The number of rotatable bonds is 5. The summed E-state index contributed by atoms with van der Waals surface area (Å²) in [5, 5.41) is 5.52. The number of piperidine rings is 1. The van der Waals surface area contributed by atoms with E-state index in [1.807, 2.05) is 30.3 Å². The van der Waals surface area contributed by atoms with Gasteiger partial charge in [0.2, 0.25) is 11.8 Å². The molecule has 1 aromatic heterocycles. The second-order valence-corrected chi connectivity index (χ2v) is 6.74. The minimum absolute atomic E-state index is 0.0300. The van der Waals surface area contributed by atoms with Crippen LogP contribution in [0.1, 0.15) is 28.9 Å². The number of nitrogens with zero attached hydrogens (tertiary/aromatic N) is 1. The number of carbonyl (C=O) groups is 3. The Morgan fingerprint density at radius 1 is 1.07 bits per heavy atom. The lowest BCUT2D eigenvalue weighted by Crippen LogP contribution is -2.63. The Morgan fingerprint density at radius 3 is 2.37 bits per heavy atom. The summed E-state index contributed by atoms with van der Waals surface area (Å²) in [6.45, 7) is 0.841. The maximum absolute atomic E-state index is 12.6. The number of aromatic nitrogens is 1. The Hall–Kier alpha value is -3.09. The SMILES string of the molecule is CNC(=O)C1(NC(=O)c2ccc[nH]2)CCN(C(=O)Cc2ccccc2)CC1. The topological polar surface area (TPSA) is 94.3 Å². The van der Waals surface area contributed by atoms with Crippen LogP contribution in [0.5, 0.6) is 0 Å². The van der Waals surface area contributed by atoms with Gasteiger partial charge < -0.3 is 20.5 Å². The number of nitrogens with one attached hydrogen (secondary N) is 3.